The van der Waals surface area contributed by atoms with Gasteiger partial charge in [-0.15, -0.1) is 10.0 Å². The maximum absolute atomic E-state index is 12.5. The second-order valence-electron chi connectivity index (χ2n) is 5.71. The molecule has 0 aliphatic rings. The maximum Gasteiger partial charge on any atom is 0.196 e. The van der Waals surface area contributed by atoms with Gasteiger partial charge < -0.3 is 5.21 Å². The van der Waals surface area contributed by atoms with Crippen LogP contribution in [0.5, 0.6) is 0 Å². The summed E-state index contributed by atoms with van der Waals surface area (Å²) in [6, 6.07) is 5.28. The van der Waals surface area contributed by atoms with Gasteiger partial charge in [0, 0.05) is 23.2 Å². The molecule has 21 heavy (non-hydrogen) atoms. The minimum absolute atomic E-state index is 0.322. The first-order chi connectivity index (χ1) is 9.87. The average Bonchev–Trinajstić information content (AvgIpc) is 2.70. The highest BCUT2D eigenvalue weighted by Crippen LogP contribution is 2.26. The summed E-state index contributed by atoms with van der Waals surface area (Å²) < 4.78 is 1.43. The van der Waals surface area contributed by atoms with E-state index in [1.807, 2.05) is 26.8 Å². The number of fused-ring (bicyclic) bond motifs is 3. The molecule has 3 aromatic rings. The van der Waals surface area contributed by atoms with Gasteiger partial charge in [0.05, 0.1) is 0 Å². The largest absolute Gasteiger partial charge is 0.574 e. The summed E-state index contributed by atoms with van der Waals surface area (Å²) in [6.45, 7) is 5.46. The van der Waals surface area contributed by atoms with Crippen LogP contribution in [0.25, 0.3) is 21.9 Å². The van der Waals surface area contributed by atoms with Gasteiger partial charge in [0.2, 0.25) is 0 Å². The molecule has 1 atom stereocenters. The van der Waals surface area contributed by atoms with Crippen molar-refractivity contribution in [3.05, 3.63) is 41.0 Å². The van der Waals surface area contributed by atoms with Crippen LogP contribution in [-0.4, -0.2) is 20.2 Å². The van der Waals surface area contributed by atoms with Crippen molar-refractivity contribution < 1.29 is 10.2 Å². The molecule has 3 rings (SSSR count). The second-order valence-corrected chi connectivity index (χ2v) is 6.10. The number of pyridine rings is 2. The van der Waals surface area contributed by atoms with Gasteiger partial charge in [-0.1, -0.05) is 11.6 Å². The number of aromatic nitrogens is 3. The molecule has 0 saturated carbocycles. The van der Waals surface area contributed by atoms with Crippen molar-refractivity contribution in [2.45, 2.75) is 26.4 Å². The van der Waals surface area contributed by atoms with E-state index < -0.39 is 10.9 Å². The Morgan fingerprint density at radius 1 is 1.24 bits per heavy atom. The van der Waals surface area contributed by atoms with Crippen LogP contribution in [0.15, 0.2) is 30.6 Å². The molecule has 3 heterocycles. The first kappa shape index (κ1) is 14.2. The van der Waals surface area contributed by atoms with Gasteiger partial charge in [-0.05, 0) is 39.0 Å². The van der Waals surface area contributed by atoms with E-state index in [1.54, 1.807) is 24.5 Å². The quantitative estimate of drug-likeness (QED) is 0.581. The number of rotatable bonds is 2. The van der Waals surface area contributed by atoms with Crippen LogP contribution in [0.4, 0.5) is 0 Å². The lowest BCUT2D eigenvalue weighted by atomic mass is 10.2. The van der Waals surface area contributed by atoms with Gasteiger partial charge in [0.1, 0.15) is 16.3 Å². The van der Waals surface area contributed by atoms with Crippen LogP contribution in [0.3, 0.4) is 0 Å². The van der Waals surface area contributed by atoms with E-state index in [2.05, 4.69) is 9.97 Å². The topological polar surface area (TPSA) is 67.4 Å². The van der Waals surface area contributed by atoms with E-state index in [0.29, 0.717) is 16.3 Å². The molecule has 0 amide bonds. The highest BCUT2D eigenvalue weighted by atomic mass is 35.5. The smallest absolute Gasteiger partial charge is 0.196 e. The molecule has 0 spiro atoms. The standard InChI is InChI=1S/C14H15ClN4O2/c1-14(2,3)21-19(20)18-11-6-7-16-8-10(11)9-4-5-12(15)17-13(9)18/h4-8,19H,1-3H3. The zero-order valence-corrected chi connectivity index (χ0v) is 12.7. The lowest BCUT2D eigenvalue weighted by molar-refractivity contribution is -1.09. The van der Waals surface area contributed by atoms with Crippen molar-refractivity contribution in [3.8, 4) is 0 Å². The lowest BCUT2D eigenvalue weighted by Crippen LogP contribution is -3.10. The average molecular weight is 307 g/mol. The highest BCUT2D eigenvalue weighted by molar-refractivity contribution is 6.30. The van der Waals surface area contributed by atoms with Crippen molar-refractivity contribution in [2.24, 2.45) is 0 Å². The van der Waals surface area contributed by atoms with Gasteiger partial charge >= 0.3 is 0 Å². The summed E-state index contributed by atoms with van der Waals surface area (Å²) >= 11 is 5.96. The summed E-state index contributed by atoms with van der Waals surface area (Å²) in [5.74, 6) is 0. The molecule has 0 aliphatic heterocycles. The van der Waals surface area contributed by atoms with E-state index in [-0.39, 0.29) is 0 Å². The first-order valence-electron chi connectivity index (χ1n) is 6.51. The van der Waals surface area contributed by atoms with Crippen molar-refractivity contribution in [1.29, 1.82) is 0 Å². The summed E-state index contributed by atoms with van der Waals surface area (Å²) in [4.78, 5) is 13.8. The Morgan fingerprint density at radius 3 is 2.71 bits per heavy atom. The molecule has 110 valence electrons. The Morgan fingerprint density at radius 2 is 2.00 bits per heavy atom. The van der Waals surface area contributed by atoms with Crippen LogP contribution in [-0.2, 0) is 4.84 Å². The Balaban J connectivity index is 2.29. The third-order valence-corrected chi connectivity index (χ3v) is 3.17. The fourth-order valence-electron chi connectivity index (χ4n) is 2.20. The Hall–Kier alpha value is -1.73. The molecule has 7 heteroatoms. The van der Waals surface area contributed by atoms with Crippen LogP contribution in [0.1, 0.15) is 20.8 Å². The molecule has 0 aromatic carbocycles. The predicted octanol–water partition coefficient (Wildman–Crippen LogP) is 2.11. The molecule has 6 nitrogen and oxygen atoms in total. The molecule has 1 N–H and O–H groups in total. The number of hydrogen-bond acceptors (Lipinski definition) is 4. The van der Waals surface area contributed by atoms with Crippen LogP contribution < -0.4 is 5.34 Å². The SMILES string of the molecule is CC(C)(C)O[NH+]([O-])n1c2ccncc2c2ccc(Cl)nc21. The number of hydrogen-bond donors (Lipinski definition) is 1. The zero-order chi connectivity index (χ0) is 15.2. The molecule has 0 saturated heterocycles. The van der Waals surface area contributed by atoms with Crippen molar-refractivity contribution in [2.75, 3.05) is 0 Å². The Labute approximate surface area is 126 Å². The van der Waals surface area contributed by atoms with E-state index in [0.717, 1.165) is 10.8 Å². The van der Waals surface area contributed by atoms with Crippen LogP contribution in [0, 0.1) is 5.21 Å². The summed E-state index contributed by atoms with van der Waals surface area (Å²) in [7, 11) is 0. The first-order valence-corrected chi connectivity index (χ1v) is 6.89. The van der Waals surface area contributed by atoms with Crippen molar-refractivity contribution >= 4 is 33.5 Å². The van der Waals surface area contributed by atoms with Crippen LogP contribution in [0.2, 0.25) is 5.15 Å². The number of halogens is 1. The molecular formula is C14H15ClN4O2. The normalized spacial score (nSPS) is 14.0. The fourth-order valence-corrected chi connectivity index (χ4v) is 2.35. The fraction of sp³-hybridized carbons (Fsp3) is 0.286. The molecule has 0 aliphatic carbocycles. The molecule has 0 fully saturated rings. The summed E-state index contributed by atoms with van der Waals surface area (Å²) in [6.07, 6.45) is 3.33. The lowest BCUT2D eigenvalue weighted by Gasteiger charge is -2.28. The van der Waals surface area contributed by atoms with Gasteiger partial charge in [-0.3, -0.25) is 4.98 Å². The Kier molecular flexibility index (Phi) is 3.33. The van der Waals surface area contributed by atoms with Gasteiger partial charge in [-0.25, -0.2) is 4.98 Å². The zero-order valence-electron chi connectivity index (χ0n) is 11.9. The summed E-state index contributed by atoms with van der Waals surface area (Å²) in [5, 5.41) is 14.0. The second kappa shape index (κ2) is 4.92. The summed E-state index contributed by atoms with van der Waals surface area (Å²) in [5.41, 5.74) is 0.578. The third-order valence-electron chi connectivity index (χ3n) is 2.96. The molecule has 0 bridgehead atoms. The van der Waals surface area contributed by atoms with E-state index >= 15 is 0 Å². The monoisotopic (exact) mass is 306 g/mol. The molecule has 0 radical (unpaired) electrons. The van der Waals surface area contributed by atoms with Crippen molar-refractivity contribution in [1.82, 2.24) is 14.6 Å². The van der Waals surface area contributed by atoms with Crippen LogP contribution >= 0.6 is 11.6 Å². The van der Waals surface area contributed by atoms with E-state index in [9.17, 15) is 5.21 Å². The van der Waals surface area contributed by atoms with E-state index in [4.69, 9.17) is 16.4 Å². The number of quaternary nitrogens is 1. The molecule has 1 unspecified atom stereocenters. The molecular weight excluding hydrogens is 292 g/mol. The van der Waals surface area contributed by atoms with Gasteiger partial charge in [0.25, 0.3) is 0 Å². The van der Waals surface area contributed by atoms with Gasteiger partial charge in [0.15, 0.2) is 5.65 Å². The minimum atomic E-state index is -0.592. The van der Waals surface area contributed by atoms with Gasteiger partial charge in [-0.2, -0.15) is 4.84 Å². The van der Waals surface area contributed by atoms with Crippen molar-refractivity contribution in [3.63, 3.8) is 0 Å². The number of nitrogens with one attached hydrogen (secondary N) is 1. The predicted molar refractivity (Wildman–Crippen MR) is 80.6 cm³/mol. The Bertz CT molecular complexity index is 810. The third kappa shape index (κ3) is 2.58. The number of nitrogens with zero attached hydrogens (tertiary/aromatic N) is 3. The molecule has 3 aromatic heterocycles. The highest BCUT2D eigenvalue weighted by Gasteiger charge is 2.22. The maximum atomic E-state index is 12.5. The minimum Gasteiger partial charge on any atom is -0.574 e. The van der Waals surface area contributed by atoms with E-state index in [1.165, 1.54) is 4.68 Å².